The highest BCUT2D eigenvalue weighted by atomic mass is 79.9. The number of imidazole rings is 1. The van der Waals surface area contributed by atoms with Gasteiger partial charge in [0.05, 0.1) is 0 Å². The molecule has 5 nitrogen and oxygen atoms in total. The van der Waals surface area contributed by atoms with E-state index in [0.29, 0.717) is 6.54 Å². The van der Waals surface area contributed by atoms with Gasteiger partial charge in [-0.25, -0.2) is 9.13 Å². The lowest BCUT2D eigenvalue weighted by atomic mass is 9.81. The molecule has 0 bridgehead atoms. The second kappa shape index (κ2) is 8.67. The number of carbonyl (C=O) groups is 1. The Morgan fingerprint density at radius 1 is 1.19 bits per heavy atom. The number of benzene rings is 2. The van der Waals surface area contributed by atoms with Gasteiger partial charge in [-0.2, -0.15) is 0 Å². The van der Waals surface area contributed by atoms with Gasteiger partial charge in [-0.05, 0) is 35.7 Å². The first-order chi connectivity index (χ1) is 14.9. The van der Waals surface area contributed by atoms with E-state index in [9.17, 15) is 4.79 Å². The summed E-state index contributed by atoms with van der Waals surface area (Å²) in [6.07, 6.45) is 5.17. The number of para-hydroxylation sites is 1. The average Bonchev–Trinajstić information content (AvgIpc) is 3.36. The van der Waals surface area contributed by atoms with E-state index in [1.54, 1.807) is 0 Å². The van der Waals surface area contributed by atoms with Gasteiger partial charge in [-0.3, -0.25) is 4.79 Å². The van der Waals surface area contributed by atoms with Crippen molar-refractivity contribution in [2.45, 2.75) is 44.9 Å². The van der Waals surface area contributed by atoms with Crippen LogP contribution in [0.5, 0.6) is 0 Å². The fraction of sp³-hybridized carbons (Fsp3) is 0.360. The molecule has 32 heavy (non-hydrogen) atoms. The van der Waals surface area contributed by atoms with E-state index in [1.807, 2.05) is 6.20 Å². The molecule has 0 aliphatic carbocycles. The third kappa shape index (κ3) is 3.69. The maximum Gasteiger partial charge on any atom is 0.266 e. The second-order valence-electron chi connectivity index (χ2n) is 8.98. The number of likely N-dealkylation sites (tertiary alicyclic amines) is 1. The maximum absolute atomic E-state index is 13.4. The number of fused-ring (bicyclic) bond motifs is 3. The van der Waals surface area contributed by atoms with Gasteiger partial charge >= 0.3 is 0 Å². The number of hydrogen-bond donors (Lipinski definition) is 0. The number of rotatable bonds is 4. The number of hydrogen-bond acceptors (Lipinski definition) is 2. The van der Waals surface area contributed by atoms with E-state index in [2.05, 4.69) is 110 Å². The van der Waals surface area contributed by atoms with E-state index >= 15 is 0 Å². The standard InChI is InChI=1S/C25H28BrN4O.BrH/c1-18-28(16-19-8-10-20(26)11-9-19)14-15-29(18)17-23(31)30-13-12-25(2)21-6-4-5-7-22(21)27(3)24(25)30;/h4-11,14-15,24H,12-13,16-17H2,1-3H3;1H/q+1;/p-1. The van der Waals surface area contributed by atoms with E-state index in [1.165, 1.54) is 16.8 Å². The van der Waals surface area contributed by atoms with Crippen LogP contribution in [0.1, 0.15) is 30.3 Å². The Balaban J connectivity index is 0.00000245. The van der Waals surface area contributed by atoms with Gasteiger partial charge in [0, 0.05) is 36.1 Å². The quantitative estimate of drug-likeness (QED) is 0.444. The number of amides is 1. The van der Waals surface area contributed by atoms with Crippen LogP contribution in [0, 0.1) is 6.92 Å². The Hall–Kier alpha value is -2.12. The Morgan fingerprint density at radius 2 is 1.91 bits per heavy atom. The summed E-state index contributed by atoms with van der Waals surface area (Å²) in [5.74, 6) is 1.27. The topological polar surface area (TPSA) is 32.4 Å². The minimum Gasteiger partial charge on any atom is -1.00 e. The van der Waals surface area contributed by atoms with E-state index in [4.69, 9.17) is 0 Å². The van der Waals surface area contributed by atoms with Crippen LogP contribution < -0.4 is 26.4 Å². The first-order valence-corrected chi connectivity index (χ1v) is 11.6. The van der Waals surface area contributed by atoms with Crippen molar-refractivity contribution in [3.8, 4) is 0 Å². The largest absolute Gasteiger partial charge is 1.00 e. The SMILES string of the molecule is Cc1n(CC(=O)N2CCC3(C)c4ccccc4N(C)C23)cc[n+]1Cc1ccc(Br)cc1.[Br-]. The van der Waals surface area contributed by atoms with E-state index < -0.39 is 0 Å². The van der Waals surface area contributed by atoms with Gasteiger partial charge in [-0.15, -0.1) is 0 Å². The highest BCUT2D eigenvalue weighted by Gasteiger charge is 2.54. The van der Waals surface area contributed by atoms with Crippen LogP contribution in [0.2, 0.25) is 0 Å². The maximum atomic E-state index is 13.4. The first kappa shape index (κ1) is 23.1. The van der Waals surface area contributed by atoms with Crippen molar-refractivity contribution in [3.05, 3.63) is 82.3 Å². The fourth-order valence-electron chi connectivity index (χ4n) is 5.41. The monoisotopic (exact) mass is 558 g/mol. The molecule has 0 N–H and O–H groups in total. The van der Waals surface area contributed by atoms with Crippen LogP contribution in [0.15, 0.2) is 65.4 Å². The predicted octanol–water partition coefficient (Wildman–Crippen LogP) is 0.865. The van der Waals surface area contributed by atoms with Gasteiger partial charge < -0.3 is 26.8 Å². The molecule has 1 amide bonds. The summed E-state index contributed by atoms with van der Waals surface area (Å²) < 4.78 is 5.35. The Kier molecular flexibility index (Phi) is 6.25. The van der Waals surface area contributed by atoms with Gasteiger partial charge in [-0.1, -0.05) is 53.2 Å². The third-order valence-corrected chi connectivity index (χ3v) is 7.68. The molecule has 2 atom stereocenters. The molecule has 1 fully saturated rings. The highest BCUT2D eigenvalue weighted by molar-refractivity contribution is 9.10. The molecule has 3 heterocycles. The summed E-state index contributed by atoms with van der Waals surface area (Å²) in [7, 11) is 2.12. The summed E-state index contributed by atoms with van der Waals surface area (Å²) in [5.41, 5.74) is 3.84. The molecular weight excluding hydrogens is 532 g/mol. The Morgan fingerprint density at radius 3 is 2.66 bits per heavy atom. The molecule has 2 aliphatic heterocycles. The lowest BCUT2D eigenvalue weighted by Gasteiger charge is -2.34. The molecular formula is C25H28Br2N4O. The number of likely N-dealkylation sites (N-methyl/N-ethyl adjacent to an activating group) is 1. The molecule has 7 heteroatoms. The van der Waals surface area contributed by atoms with E-state index in [0.717, 1.165) is 29.8 Å². The van der Waals surface area contributed by atoms with Crippen molar-refractivity contribution in [2.75, 3.05) is 18.5 Å². The number of anilines is 1. The zero-order chi connectivity index (χ0) is 21.8. The van der Waals surface area contributed by atoms with Gasteiger partial charge in [0.15, 0.2) is 6.54 Å². The molecule has 2 aliphatic rings. The van der Waals surface area contributed by atoms with Gasteiger partial charge in [0.1, 0.15) is 25.1 Å². The highest BCUT2D eigenvalue weighted by Crippen LogP contribution is 2.51. The minimum atomic E-state index is -0.00572. The van der Waals surface area contributed by atoms with Crippen molar-refractivity contribution < 1.29 is 26.3 Å². The van der Waals surface area contributed by atoms with Crippen LogP contribution in [0.4, 0.5) is 5.69 Å². The van der Waals surface area contributed by atoms with Crippen LogP contribution in [0.3, 0.4) is 0 Å². The molecule has 168 valence electrons. The van der Waals surface area contributed by atoms with Gasteiger partial charge in [0.2, 0.25) is 0 Å². The smallest absolute Gasteiger partial charge is 0.266 e. The van der Waals surface area contributed by atoms with Crippen LogP contribution in [-0.2, 0) is 23.3 Å². The molecule has 0 spiro atoms. The average molecular weight is 560 g/mol. The van der Waals surface area contributed by atoms with Crippen LogP contribution in [0.25, 0.3) is 0 Å². The summed E-state index contributed by atoms with van der Waals surface area (Å²) in [4.78, 5) is 17.8. The Bertz CT molecular complexity index is 1140. The minimum absolute atomic E-state index is 0. The number of carbonyl (C=O) groups excluding carboxylic acids is 1. The molecule has 1 aromatic heterocycles. The summed E-state index contributed by atoms with van der Waals surface area (Å²) in [6.45, 7) is 6.36. The predicted molar refractivity (Wildman–Crippen MR) is 125 cm³/mol. The van der Waals surface area contributed by atoms with Crippen molar-refractivity contribution >= 4 is 27.5 Å². The lowest BCUT2D eigenvalue weighted by molar-refractivity contribution is -0.693. The zero-order valence-electron chi connectivity index (χ0n) is 18.6. The summed E-state index contributed by atoms with van der Waals surface area (Å²) in [5, 5.41) is 0. The normalized spacial score (nSPS) is 21.3. The molecule has 0 radical (unpaired) electrons. The fourth-order valence-corrected chi connectivity index (χ4v) is 5.68. The van der Waals surface area contributed by atoms with Crippen molar-refractivity contribution in [1.82, 2.24) is 9.47 Å². The molecule has 2 unspecified atom stereocenters. The zero-order valence-corrected chi connectivity index (χ0v) is 21.8. The van der Waals surface area contributed by atoms with Crippen molar-refractivity contribution in [1.29, 1.82) is 0 Å². The molecule has 0 saturated carbocycles. The summed E-state index contributed by atoms with van der Waals surface area (Å²) >= 11 is 3.49. The molecule has 2 aromatic carbocycles. The third-order valence-electron chi connectivity index (χ3n) is 7.15. The Labute approximate surface area is 208 Å². The number of halogens is 2. The van der Waals surface area contributed by atoms with Crippen molar-refractivity contribution in [3.63, 3.8) is 0 Å². The van der Waals surface area contributed by atoms with Crippen LogP contribution >= 0.6 is 15.9 Å². The molecule has 1 saturated heterocycles. The molecule has 5 rings (SSSR count). The summed E-state index contributed by atoms with van der Waals surface area (Å²) in [6, 6.07) is 17.0. The number of aromatic nitrogens is 2. The first-order valence-electron chi connectivity index (χ1n) is 10.8. The van der Waals surface area contributed by atoms with E-state index in [-0.39, 0.29) is 34.5 Å². The van der Waals surface area contributed by atoms with Crippen molar-refractivity contribution in [2.24, 2.45) is 0 Å². The second-order valence-corrected chi connectivity index (χ2v) is 9.90. The van der Waals surface area contributed by atoms with Crippen LogP contribution in [-0.4, -0.2) is 35.1 Å². The lowest BCUT2D eigenvalue weighted by Crippen LogP contribution is -3.00. The number of nitrogens with zero attached hydrogens (tertiary/aromatic N) is 4. The van der Waals surface area contributed by atoms with Gasteiger partial charge in [0.25, 0.3) is 11.7 Å². The molecule has 3 aromatic rings.